The van der Waals surface area contributed by atoms with Gasteiger partial charge in [-0.3, -0.25) is 4.90 Å². The van der Waals surface area contributed by atoms with Crippen LogP contribution >= 0.6 is 0 Å². The van der Waals surface area contributed by atoms with E-state index in [0.717, 1.165) is 51.7 Å². The Hall–Kier alpha value is -1.11. The van der Waals surface area contributed by atoms with E-state index >= 15 is 0 Å². The van der Waals surface area contributed by atoms with Gasteiger partial charge in [0, 0.05) is 64.9 Å². The van der Waals surface area contributed by atoms with Gasteiger partial charge in [-0.05, 0) is 20.5 Å². The van der Waals surface area contributed by atoms with E-state index in [1.807, 2.05) is 12.4 Å². The van der Waals surface area contributed by atoms with Gasteiger partial charge in [0.15, 0.2) is 0 Å². The maximum Gasteiger partial charge on any atom is 0.202 e. The first-order chi connectivity index (χ1) is 9.70. The van der Waals surface area contributed by atoms with Crippen LogP contribution in [-0.2, 0) is 11.3 Å². The minimum atomic E-state index is 0.540. The molecule has 0 spiro atoms. The number of hydrogen-bond acceptors (Lipinski definition) is 5. The number of likely N-dealkylation sites (N-methyl/N-ethyl adjacent to an activating group) is 2. The van der Waals surface area contributed by atoms with Crippen molar-refractivity contribution in [3.63, 3.8) is 0 Å². The minimum Gasteiger partial charge on any atom is -0.385 e. The molecule has 20 heavy (non-hydrogen) atoms. The topological polar surface area (TPSA) is 45.6 Å². The van der Waals surface area contributed by atoms with Gasteiger partial charge in [0.1, 0.15) is 0 Å². The summed E-state index contributed by atoms with van der Waals surface area (Å²) in [4.78, 5) is 9.21. The van der Waals surface area contributed by atoms with E-state index in [1.54, 1.807) is 7.11 Å². The van der Waals surface area contributed by atoms with E-state index in [-0.39, 0.29) is 0 Å². The van der Waals surface area contributed by atoms with Crippen LogP contribution in [0.4, 0.5) is 5.95 Å². The number of anilines is 1. The zero-order valence-electron chi connectivity index (χ0n) is 12.9. The fourth-order valence-corrected chi connectivity index (χ4v) is 2.57. The van der Waals surface area contributed by atoms with Crippen LogP contribution in [0, 0.1) is 0 Å². The number of aromatic nitrogens is 2. The molecule has 1 aromatic rings. The van der Waals surface area contributed by atoms with Gasteiger partial charge in [0.25, 0.3) is 0 Å². The van der Waals surface area contributed by atoms with Crippen molar-refractivity contribution in [3.05, 3.63) is 12.4 Å². The number of piperazine rings is 1. The lowest BCUT2D eigenvalue weighted by Gasteiger charge is -2.37. The summed E-state index contributed by atoms with van der Waals surface area (Å²) in [6.07, 6.45) is 4.88. The fraction of sp³-hybridized carbons (Fsp3) is 0.786. The molecule has 2 heterocycles. The standard InChI is InChI=1S/C14H27N5O/c1-17-8-9-18(2)13(12-17)11-16-14-15-5-7-19(14)6-4-10-20-3/h5,7,13H,4,6,8-12H2,1-3H3,(H,15,16). The molecule has 114 valence electrons. The molecular weight excluding hydrogens is 254 g/mol. The quantitative estimate of drug-likeness (QED) is 0.741. The van der Waals surface area contributed by atoms with Gasteiger partial charge in [-0.1, -0.05) is 0 Å². The summed E-state index contributed by atoms with van der Waals surface area (Å²) in [5.41, 5.74) is 0. The highest BCUT2D eigenvalue weighted by atomic mass is 16.5. The summed E-state index contributed by atoms with van der Waals surface area (Å²) in [6, 6.07) is 0.540. The molecule has 6 nitrogen and oxygen atoms in total. The third-order valence-electron chi connectivity index (χ3n) is 3.94. The lowest BCUT2D eigenvalue weighted by molar-refractivity contribution is 0.121. The van der Waals surface area contributed by atoms with Crippen LogP contribution in [0.25, 0.3) is 0 Å². The largest absolute Gasteiger partial charge is 0.385 e. The SMILES string of the molecule is COCCCn1ccnc1NCC1CN(C)CCN1C. The molecule has 1 aliphatic heterocycles. The molecule has 1 saturated heterocycles. The molecule has 2 rings (SSSR count). The molecule has 1 atom stereocenters. The smallest absolute Gasteiger partial charge is 0.202 e. The Morgan fingerprint density at radius 2 is 2.25 bits per heavy atom. The molecule has 0 radical (unpaired) electrons. The van der Waals surface area contributed by atoms with E-state index < -0.39 is 0 Å². The summed E-state index contributed by atoms with van der Waals surface area (Å²) in [5, 5.41) is 3.48. The van der Waals surface area contributed by atoms with Gasteiger partial charge >= 0.3 is 0 Å². The van der Waals surface area contributed by atoms with Crippen LogP contribution in [0.15, 0.2) is 12.4 Å². The third-order valence-corrected chi connectivity index (χ3v) is 3.94. The third kappa shape index (κ3) is 4.19. The maximum atomic E-state index is 5.09. The summed E-state index contributed by atoms with van der Waals surface area (Å²) in [7, 11) is 6.12. The summed E-state index contributed by atoms with van der Waals surface area (Å²) in [6.45, 7) is 6.05. The second-order valence-corrected chi connectivity index (χ2v) is 5.57. The van der Waals surface area contributed by atoms with Crippen molar-refractivity contribution in [2.45, 2.75) is 19.0 Å². The maximum absolute atomic E-state index is 5.09. The highest BCUT2D eigenvalue weighted by molar-refractivity contribution is 5.26. The second kappa shape index (κ2) is 7.61. The Morgan fingerprint density at radius 3 is 3.05 bits per heavy atom. The predicted octanol–water partition coefficient (Wildman–Crippen LogP) is 0.577. The number of aryl methyl sites for hydroxylation is 1. The van der Waals surface area contributed by atoms with E-state index in [4.69, 9.17) is 4.74 Å². The first-order valence-corrected chi connectivity index (χ1v) is 7.33. The highest BCUT2D eigenvalue weighted by Gasteiger charge is 2.22. The summed E-state index contributed by atoms with van der Waals surface area (Å²) < 4.78 is 7.25. The summed E-state index contributed by atoms with van der Waals surface area (Å²) >= 11 is 0. The van der Waals surface area contributed by atoms with E-state index in [2.05, 4.69) is 38.8 Å². The van der Waals surface area contributed by atoms with Crippen LogP contribution in [0.3, 0.4) is 0 Å². The van der Waals surface area contributed by atoms with Gasteiger partial charge in [-0.25, -0.2) is 4.98 Å². The molecule has 0 saturated carbocycles. The van der Waals surface area contributed by atoms with Gasteiger partial charge < -0.3 is 19.5 Å². The minimum absolute atomic E-state index is 0.540. The number of ether oxygens (including phenoxy) is 1. The molecule has 1 unspecified atom stereocenters. The van der Waals surface area contributed by atoms with E-state index in [0.29, 0.717) is 6.04 Å². The Labute approximate surface area is 121 Å². The zero-order chi connectivity index (χ0) is 14.4. The van der Waals surface area contributed by atoms with Crippen molar-refractivity contribution >= 4 is 5.95 Å². The van der Waals surface area contributed by atoms with Crippen molar-refractivity contribution in [2.24, 2.45) is 0 Å². The zero-order valence-corrected chi connectivity index (χ0v) is 12.9. The molecule has 1 fully saturated rings. The van der Waals surface area contributed by atoms with Gasteiger partial charge in [-0.2, -0.15) is 0 Å². The number of imidazole rings is 1. The first kappa shape index (κ1) is 15.3. The number of rotatable bonds is 7. The van der Waals surface area contributed by atoms with Crippen molar-refractivity contribution < 1.29 is 4.74 Å². The van der Waals surface area contributed by atoms with Gasteiger partial charge in [0.05, 0.1) is 0 Å². The molecule has 1 aliphatic rings. The number of methoxy groups -OCH3 is 1. The molecule has 0 aliphatic carbocycles. The van der Waals surface area contributed by atoms with Gasteiger partial charge in [0.2, 0.25) is 5.95 Å². The predicted molar refractivity (Wildman–Crippen MR) is 81.1 cm³/mol. The first-order valence-electron chi connectivity index (χ1n) is 7.33. The summed E-state index contributed by atoms with van der Waals surface area (Å²) in [5.74, 6) is 0.961. The molecule has 0 amide bonds. The van der Waals surface area contributed by atoms with Crippen LogP contribution in [0.2, 0.25) is 0 Å². The number of nitrogens with one attached hydrogen (secondary N) is 1. The Kier molecular flexibility index (Phi) is 5.82. The second-order valence-electron chi connectivity index (χ2n) is 5.57. The lowest BCUT2D eigenvalue weighted by atomic mass is 10.2. The average Bonchev–Trinajstić information content (AvgIpc) is 2.88. The highest BCUT2D eigenvalue weighted by Crippen LogP contribution is 2.09. The lowest BCUT2D eigenvalue weighted by Crippen LogP contribution is -2.52. The monoisotopic (exact) mass is 281 g/mol. The van der Waals surface area contributed by atoms with Crippen LogP contribution in [0.1, 0.15) is 6.42 Å². The van der Waals surface area contributed by atoms with E-state index in [1.165, 1.54) is 0 Å². The van der Waals surface area contributed by atoms with E-state index in [9.17, 15) is 0 Å². The van der Waals surface area contributed by atoms with Crippen LogP contribution < -0.4 is 5.32 Å². The van der Waals surface area contributed by atoms with Crippen molar-refractivity contribution in [1.82, 2.24) is 19.4 Å². The Bertz CT molecular complexity index is 395. The Balaban J connectivity index is 1.82. The molecular formula is C14H27N5O. The number of nitrogens with zero attached hydrogens (tertiary/aromatic N) is 4. The number of hydrogen-bond donors (Lipinski definition) is 1. The molecule has 0 aromatic carbocycles. The Morgan fingerprint density at radius 1 is 1.40 bits per heavy atom. The van der Waals surface area contributed by atoms with Crippen molar-refractivity contribution in [1.29, 1.82) is 0 Å². The molecule has 1 aromatic heterocycles. The molecule has 6 heteroatoms. The van der Waals surface area contributed by atoms with Crippen LogP contribution in [-0.4, -0.2) is 79.4 Å². The average molecular weight is 281 g/mol. The molecule has 1 N–H and O–H groups in total. The van der Waals surface area contributed by atoms with Gasteiger partial charge in [-0.15, -0.1) is 0 Å². The normalized spacial score (nSPS) is 21.2. The molecule has 0 bridgehead atoms. The van der Waals surface area contributed by atoms with Crippen molar-refractivity contribution in [2.75, 3.05) is 59.3 Å². The fourth-order valence-electron chi connectivity index (χ4n) is 2.57. The van der Waals surface area contributed by atoms with Crippen molar-refractivity contribution in [3.8, 4) is 0 Å². The van der Waals surface area contributed by atoms with Crippen LogP contribution in [0.5, 0.6) is 0 Å².